The van der Waals surface area contributed by atoms with Crippen molar-refractivity contribution in [2.45, 2.75) is 11.3 Å². The van der Waals surface area contributed by atoms with Gasteiger partial charge in [-0.1, -0.05) is 41.3 Å². The third kappa shape index (κ3) is 6.37. The zero-order valence-electron chi connectivity index (χ0n) is 15.6. The fourth-order valence-electron chi connectivity index (χ4n) is 2.33. The summed E-state index contributed by atoms with van der Waals surface area (Å²) >= 11 is 5.73. The second kappa shape index (κ2) is 10.3. The molecule has 0 bridgehead atoms. The van der Waals surface area contributed by atoms with E-state index in [4.69, 9.17) is 0 Å². The zero-order valence-corrected chi connectivity index (χ0v) is 18.9. The Labute approximate surface area is 189 Å². The molecule has 0 unspecified atom stereocenters. The number of hydrogen-bond acceptors (Lipinski definition) is 7. The topological polar surface area (TPSA) is 113 Å². The highest BCUT2D eigenvalue weighted by Gasteiger charge is 2.14. The minimum atomic E-state index is -0.299. The monoisotopic (exact) mass is 505 g/mol. The van der Waals surface area contributed by atoms with Gasteiger partial charge in [0.1, 0.15) is 0 Å². The Morgan fingerprint density at radius 1 is 1.00 bits per heavy atom. The van der Waals surface area contributed by atoms with Gasteiger partial charge in [0.25, 0.3) is 5.91 Å². The Bertz CT molecular complexity index is 1090. The maximum Gasteiger partial charge on any atom is 0.258 e. The summed E-state index contributed by atoms with van der Waals surface area (Å²) in [6.45, 7) is 1.42. The van der Waals surface area contributed by atoms with Crippen molar-refractivity contribution in [2.24, 2.45) is 0 Å². The zero-order chi connectivity index (χ0) is 21.5. The lowest BCUT2D eigenvalue weighted by molar-refractivity contribution is -0.114. The molecule has 154 valence electrons. The Morgan fingerprint density at radius 3 is 2.47 bits per heavy atom. The van der Waals surface area contributed by atoms with Gasteiger partial charge in [-0.05, 0) is 46.3 Å². The molecule has 8 nitrogen and oxygen atoms in total. The van der Waals surface area contributed by atoms with Crippen LogP contribution in [0.15, 0.2) is 57.3 Å². The van der Waals surface area contributed by atoms with Crippen LogP contribution >= 0.6 is 39.0 Å². The van der Waals surface area contributed by atoms with E-state index < -0.39 is 0 Å². The van der Waals surface area contributed by atoms with Crippen molar-refractivity contribution in [3.05, 3.63) is 58.6 Å². The highest BCUT2D eigenvalue weighted by molar-refractivity contribution is 9.10. The Hall–Kier alpha value is -2.76. The van der Waals surface area contributed by atoms with Crippen LogP contribution in [0.4, 0.5) is 16.5 Å². The molecular weight excluding hydrogens is 490 g/mol. The van der Waals surface area contributed by atoms with E-state index in [0.717, 1.165) is 0 Å². The van der Waals surface area contributed by atoms with E-state index in [0.29, 0.717) is 30.9 Å². The minimum absolute atomic E-state index is 0.122. The van der Waals surface area contributed by atoms with E-state index in [9.17, 15) is 14.4 Å². The molecule has 30 heavy (non-hydrogen) atoms. The quantitative estimate of drug-likeness (QED) is 0.326. The van der Waals surface area contributed by atoms with E-state index in [1.54, 1.807) is 42.5 Å². The first-order valence-electron chi connectivity index (χ1n) is 8.60. The molecule has 0 aliphatic carbocycles. The molecule has 1 aromatic heterocycles. The normalized spacial score (nSPS) is 10.3. The van der Waals surface area contributed by atoms with Crippen molar-refractivity contribution in [1.29, 1.82) is 0 Å². The highest BCUT2D eigenvalue weighted by Crippen LogP contribution is 2.27. The van der Waals surface area contributed by atoms with Gasteiger partial charge in [0, 0.05) is 22.8 Å². The van der Waals surface area contributed by atoms with Crippen LogP contribution in [0.3, 0.4) is 0 Å². The summed E-state index contributed by atoms with van der Waals surface area (Å²) in [5.41, 5.74) is 1.66. The lowest BCUT2D eigenvalue weighted by atomic mass is 10.2. The van der Waals surface area contributed by atoms with E-state index >= 15 is 0 Å². The molecule has 1 heterocycles. The molecule has 0 spiro atoms. The van der Waals surface area contributed by atoms with Crippen LogP contribution in [0.2, 0.25) is 0 Å². The van der Waals surface area contributed by atoms with E-state index in [2.05, 4.69) is 42.1 Å². The molecule has 3 aromatic rings. The van der Waals surface area contributed by atoms with Crippen molar-refractivity contribution < 1.29 is 14.4 Å². The van der Waals surface area contributed by atoms with Crippen LogP contribution in [0.5, 0.6) is 0 Å². The number of thioether (sulfide) groups is 1. The van der Waals surface area contributed by atoms with E-state index in [1.807, 2.05) is 6.07 Å². The largest absolute Gasteiger partial charge is 0.326 e. The van der Waals surface area contributed by atoms with Gasteiger partial charge in [0.2, 0.25) is 16.9 Å². The number of halogens is 1. The molecule has 0 aliphatic heterocycles. The van der Waals surface area contributed by atoms with Crippen molar-refractivity contribution in [2.75, 3.05) is 21.7 Å². The van der Waals surface area contributed by atoms with Gasteiger partial charge >= 0.3 is 0 Å². The van der Waals surface area contributed by atoms with Crippen LogP contribution in [0.1, 0.15) is 17.3 Å². The summed E-state index contributed by atoms with van der Waals surface area (Å²) in [7, 11) is 0. The Kier molecular flexibility index (Phi) is 7.55. The van der Waals surface area contributed by atoms with Gasteiger partial charge in [0.15, 0.2) is 4.34 Å². The van der Waals surface area contributed by atoms with E-state index in [-0.39, 0.29) is 23.5 Å². The minimum Gasteiger partial charge on any atom is -0.326 e. The average molecular weight is 506 g/mol. The molecule has 0 radical (unpaired) electrons. The van der Waals surface area contributed by atoms with Gasteiger partial charge in [-0.3, -0.25) is 19.7 Å². The fourth-order valence-corrected chi connectivity index (χ4v) is 4.34. The molecule has 3 amide bonds. The maximum absolute atomic E-state index is 12.3. The molecule has 0 saturated carbocycles. The number of aromatic nitrogens is 2. The first-order chi connectivity index (χ1) is 14.4. The number of nitrogens with zero attached hydrogens (tertiary/aromatic N) is 2. The molecule has 2 aromatic carbocycles. The van der Waals surface area contributed by atoms with Crippen molar-refractivity contribution >= 4 is 73.3 Å². The fraction of sp³-hybridized carbons (Fsp3) is 0.105. The number of nitrogens with one attached hydrogen (secondary N) is 3. The van der Waals surface area contributed by atoms with Crippen LogP contribution in [0, 0.1) is 0 Å². The van der Waals surface area contributed by atoms with Gasteiger partial charge in [-0.25, -0.2) is 0 Å². The van der Waals surface area contributed by atoms with Gasteiger partial charge in [-0.2, -0.15) is 0 Å². The van der Waals surface area contributed by atoms with Crippen molar-refractivity contribution in [3.63, 3.8) is 0 Å². The Morgan fingerprint density at radius 2 is 1.73 bits per heavy atom. The highest BCUT2D eigenvalue weighted by atomic mass is 79.9. The summed E-state index contributed by atoms with van der Waals surface area (Å²) in [5, 5.41) is 16.4. The molecule has 3 N–H and O–H groups in total. The van der Waals surface area contributed by atoms with Gasteiger partial charge in [-0.15, -0.1) is 10.2 Å². The number of amides is 3. The lowest BCUT2D eigenvalue weighted by Crippen LogP contribution is -2.14. The number of carbonyl (C=O) groups excluding carboxylic acids is 3. The molecule has 0 aliphatic rings. The van der Waals surface area contributed by atoms with Crippen molar-refractivity contribution in [3.8, 4) is 0 Å². The summed E-state index contributed by atoms with van der Waals surface area (Å²) in [4.78, 5) is 35.6. The number of benzene rings is 2. The second-order valence-electron chi connectivity index (χ2n) is 5.91. The van der Waals surface area contributed by atoms with Gasteiger partial charge in [0.05, 0.1) is 11.3 Å². The molecular formula is C19H16BrN5O3S2. The number of anilines is 3. The predicted octanol–water partition coefficient (Wildman–Crippen LogP) is 4.24. The SMILES string of the molecule is CC(=O)Nc1cccc(NC(=O)CSc2nnc(NC(=O)c3ccccc3Br)s2)c1. The Balaban J connectivity index is 1.51. The van der Waals surface area contributed by atoms with Gasteiger partial charge < -0.3 is 10.6 Å². The lowest BCUT2D eigenvalue weighted by Gasteiger charge is -2.07. The third-order valence-electron chi connectivity index (χ3n) is 3.54. The summed E-state index contributed by atoms with van der Waals surface area (Å²) in [6.07, 6.45) is 0. The predicted molar refractivity (Wildman–Crippen MR) is 122 cm³/mol. The third-order valence-corrected chi connectivity index (χ3v) is 6.20. The molecule has 0 fully saturated rings. The summed E-state index contributed by atoms with van der Waals surface area (Å²) in [6, 6.07) is 13.9. The van der Waals surface area contributed by atoms with Crippen LogP contribution in [-0.4, -0.2) is 33.7 Å². The molecule has 11 heteroatoms. The molecule has 3 rings (SSSR count). The summed E-state index contributed by atoms with van der Waals surface area (Å²) in [5.74, 6) is -0.592. The summed E-state index contributed by atoms with van der Waals surface area (Å²) < 4.78 is 1.24. The maximum atomic E-state index is 12.3. The first kappa shape index (κ1) is 21.9. The van der Waals surface area contributed by atoms with Crippen molar-refractivity contribution in [1.82, 2.24) is 10.2 Å². The molecule has 0 saturated heterocycles. The standard InChI is InChI=1S/C19H16BrN5O3S2/c1-11(26)21-12-5-4-6-13(9-12)22-16(27)10-29-19-25-24-18(30-19)23-17(28)14-7-2-3-8-15(14)20/h2-9H,10H2,1H3,(H,21,26)(H,22,27)(H,23,24,28). The molecule has 0 atom stereocenters. The van der Waals surface area contributed by atoms with Crippen LogP contribution in [-0.2, 0) is 9.59 Å². The smallest absolute Gasteiger partial charge is 0.258 e. The van der Waals surface area contributed by atoms with Crippen LogP contribution < -0.4 is 16.0 Å². The van der Waals surface area contributed by atoms with E-state index in [1.165, 1.54) is 30.0 Å². The number of hydrogen-bond donors (Lipinski definition) is 3. The first-order valence-corrected chi connectivity index (χ1v) is 11.2. The van der Waals surface area contributed by atoms with Crippen LogP contribution in [0.25, 0.3) is 0 Å². The average Bonchev–Trinajstić information content (AvgIpc) is 3.14. The second-order valence-corrected chi connectivity index (χ2v) is 8.96. The number of rotatable bonds is 7. The number of carbonyl (C=O) groups is 3.